The first-order valence-corrected chi connectivity index (χ1v) is 7.60. The second kappa shape index (κ2) is 8.27. The van der Waals surface area contributed by atoms with Crippen LogP contribution in [-0.4, -0.2) is 63.9 Å². The molecule has 1 atom stereocenters. The Labute approximate surface area is 118 Å². The lowest BCUT2D eigenvalue weighted by Gasteiger charge is -2.29. The number of hydrogen-bond donors (Lipinski definition) is 3. The van der Waals surface area contributed by atoms with Gasteiger partial charge in [0.15, 0.2) is 0 Å². The van der Waals surface area contributed by atoms with Crippen molar-refractivity contribution < 1.29 is 19.8 Å². The highest BCUT2D eigenvalue weighted by Gasteiger charge is 2.25. The van der Waals surface area contributed by atoms with E-state index in [0.29, 0.717) is 18.7 Å². The summed E-state index contributed by atoms with van der Waals surface area (Å²) < 4.78 is 0. The Morgan fingerprint density at radius 1 is 1.42 bits per heavy atom. The number of carbonyl (C=O) groups is 2. The quantitative estimate of drug-likeness (QED) is 0.621. The molecule has 0 aliphatic rings. The Morgan fingerprint density at radius 3 is 2.37 bits per heavy atom. The molecule has 0 spiro atoms. The number of rotatable bonds is 8. The molecule has 0 aliphatic carbocycles. The van der Waals surface area contributed by atoms with E-state index < -0.39 is 23.6 Å². The van der Waals surface area contributed by atoms with Crippen molar-refractivity contribution in [3.63, 3.8) is 0 Å². The first-order chi connectivity index (χ1) is 8.71. The van der Waals surface area contributed by atoms with Gasteiger partial charge >= 0.3 is 12.0 Å². The third-order valence-corrected chi connectivity index (χ3v) is 3.10. The predicted octanol–water partition coefficient (Wildman–Crippen LogP) is 0.995. The lowest BCUT2D eigenvalue weighted by molar-refractivity contribution is -0.139. The minimum Gasteiger partial charge on any atom is -0.480 e. The minimum atomic E-state index is -1.04. The van der Waals surface area contributed by atoms with Crippen LogP contribution >= 0.6 is 11.8 Å². The predicted molar refractivity (Wildman–Crippen MR) is 76.5 cm³/mol. The lowest BCUT2D eigenvalue weighted by Crippen LogP contribution is -2.51. The standard InChI is InChI=1S/C12H24N2O4S/c1-5-14(8-12(2,3)18)11(17)13-9(10(15)16)6-7-19-4/h9,18H,5-8H2,1-4H3,(H,13,17)(H,15,16)/t9-/m1/s1. The Hall–Kier alpha value is -0.950. The van der Waals surface area contributed by atoms with E-state index >= 15 is 0 Å². The molecule has 0 aromatic carbocycles. The molecule has 0 saturated carbocycles. The molecule has 0 aromatic heterocycles. The van der Waals surface area contributed by atoms with Crippen LogP contribution < -0.4 is 5.32 Å². The van der Waals surface area contributed by atoms with Gasteiger partial charge in [0.1, 0.15) is 6.04 Å². The number of nitrogens with zero attached hydrogens (tertiary/aromatic N) is 1. The van der Waals surface area contributed by atoms with Crippen molar-refractivity contribution in [1.29, 1.82) is 0 Å². The molecule has 0 saturated heterocycles. The topological polar surface area (TPSA) is 89.9 Å². The van der Waals surface area contributed by atoms with Crippen molar-refractivity contribution in [3.8, 4) is 0 Å². The van der Waals surface area contributed by atoms with Gasteiger partial charge in [-0.2, -0.15) is 11.8 Å². The molecule has 0 rings (SSSR count). The number of urea groups is 1. The summed E-state index contributed by atoms with van der Waals surface area (Å²) in [6.45, 7) is 5.55. The molecule has 2 amide bonds. The summed E-state index contributed by atoms with van der Waals surface area (Å²) in [5.74, 6) is -0.379. The fraction of sp³-hybridized carbons (Fsp3) is 0.833. The van der Waals surface area contributed by atoms with Gasteiger partial charge in [0.05, 0.1) is 12.1 Å². The number of likely N-dealkylation sites (N-methyl/N-ethyl adjacent to an activating group) is 1. The maximum absolute atomic E-state index is 12.0. The minimum absolute atomic E-state index is 0.157. The van der Waals surface area contributed by atoms with E-state index in [2.05, 4.69) is 5.32 Å². The molecule has 0 radical (unpaired) electrons. The van der Waals surface area contributed by atoms with Gasteiger partial charge in [0, 0.05) is 6.54 Å². The summed E-state index contributed by atoms with van der Waals surface area (Å²) in [6.07, 6.45) is 2.26. The normalized spacial score (nSPS) is 12.9. The van der Waals surface area contributed by atoms with Crippen LogP contribution in [0, 0.1) is 0 Å². The van der Waals surface area contributed by atoms with Crippen LogP contribution in [0.5, 0.6) is 0 Å². The summed E-state index contributed by atoms with van der Waals surface area (Å²) in [4.78, 5) is 24.4. The molecular formula is C12H24N2O4S. The summed E-state index contributed by atoms with van der Waals surface area (Å²) in [5.41, 5.74) is -1.01. The van der Waals surface area contributed by atoms with E-state index in [1.54, 1.807) is 20.8 Å². The summed E-state index contributed by atoms with van der Waals surface area (Å²) >= 11 is 1.53. The highest BCUT2D eigenvalue weighted by Crippen LogP contribution is 2.06. The molecule has 19 heavy (non-hydrogen) atoms. The van der Waals surface area contributed by atoms with Gasteiger partial charge in [-0.05, 0) is 39.2 Å². The van der Waals surface area contributed by atoms with E-state index in [-0.39, 0.29) is 6.54 Å². The molecule has 0 aliphatic heterocycles. The monoisotopic (exact) mass is 292 g/mol. The third kappa shape index (κ3) is 7.94. The highest BCUT2D eigenvalue weighted by atomic mass is 32.2. The largest absolute Gasteiger partial charge is 0.480 e. The third-order valence-electron chi connectivity index (χ3n) is 2.45. The molecule has 0 aromatic rings. The number of carboxylic acids is 1. The van der Waals surface area contributed by atoms with Crippen molar-refractivity contribution in [3.05, 3.63) is 0 Å². The first-order valence-electron chi connectivity index (χ1n) is 6.20. The van der Waals surface area contributed by atoms with Crippen LogP contribution in [0.2, 0.25) is 0 Å². The fourth-order valence-electron chi connectivity index (χ4n) is 1.53. The van der Waals surface area contributed by atoms with E-state index in [0.717, 1.165) is 0 Å². The van der Waals surface area contributed by atoms with Gasteiger partial charge in [-0.1, -0.05) is 0 Å². The maximum atomic E-state index is 12.0. The number of thioether (sulfide) groups is 1. The first kappa shape index (κ1) is 18.0. The van der Waals surface area contributed by atoms with Crippen LogP contribution in [0.15, 0.2) is 0 Å². The zero-order valence-electron chi connectivity index (χ0n) is 12.0. The van der Waals surface area contributed by atoms with E-state index in [1.807, 2.05) is 6.26 Å². The number of carbonyl (C=O) groups excluding carboxylic acids is 1. The Bertz CT molecular complexity index is 305. The van der Waals surface area contributed by atoms with Gasteiger partial charge in [0.2, 0.25) is 0 Å². The molecular weight excluding hydrogens is 268 g/mol. The second-order valence-electron chi connectivity index (χ2n) is 4.95. The number of hydrogen-bond acceptors (Lipinski definition) is 4. The number of aliphatic carboxylic acids is 1. The Morgan fingerprint density at radius 2 is 2.00 bits per heavy atom. The lowest BCUT2D eigenvalue weighted by atomic mass is 10.1. The maximum Gasteiger partial charge on any atom is 0.326 e. The van der Waals surface area contributed by atoms with Gasteiger partial charge in [-0.3, -0.25) is 0 Å². The molecule has 0 unspecified atom stereocenters. The molecule has 0 fully saturated rings. The average molecular weight is 292 g/mol. The van der Waals surface area contributed by atoms with E-state index in [1.165, 1.54) is 16.7 Å². The van der Waals surface area contributed by atoms with Gasteiger partial charge in [0.25, 0.3) is 0 Å². The number of amides is 2. The zero-order valence-corrected chi connectivity index (χ0v) is 12.8. The van der Waals surface area contributed by atoms with Gasteiger partial charge < -0.3 is 20.4 Å². The summed E-state index contributed by atoms with van der Waals surface area (Å²) in [5, 5.41) is 21.2. The summed E-state index contributed by atoms with van der Waals surface area (Å²) in [6, 6.07) is -1.35. The fourth-order valence-corrected chi connectivity index (χ4v) is 2.00. The Kier molecular flexibility index (Phi) is 7.85. The molecule has 6 nitrogen and oxygen atoms in total. The number of nitrogens with one attached hydrogen (secondary N) is 1. The van der Waals surface area contributed by atoms with Crippen molar-refractivity contribution in [2.75, 3.05) is 25.1 Å². The van der Waals surface area contributed by atoms with Crippen LogP contribution in [0.1, 0.15) is 27.2 Å². The van der Waals surface area contributed by atoms with E-state index in [9.17, 15) is 14.7 Å². The van der Waals surface area contributed by atoms with Crippen LogP contribution in [0.25, 0.3) is 0 Å². The van der Waals surface area contributed by atoms with Crippen molar-refractivity contribution in [2.45, 2.75) is 38.8 Å². The smallest absolute Gasteiger partial charge is 0.326 e. The number of aliphatic hydroxyl groups is 1. The van der Waals surface area contributed by atoms with Crippen molar-refractivity contribution in [1.82, 2.24) is 10.2 Å². The molecule has 0 heterocycles. The number of carboxylic acid groups (broad SMARTS) is 1. The average Bonchev–Trinajstić information content (AvgIpc) is 2.29. The molecule has 7 heteroatoms. The van der Waals surface area contributed by atoms with Gasteiger partial charge in [-0.15, -0.1) is 0 Å². The second-order valence-corrected chi connectivity index (χ2v) is 5.93. The van der Waals surface area contributed by atoms with Crippen molar-refractivity contribution >= 4 is 23.8 Å². The van der Waals surface area contributed by atoms with E-state index in [4.69, 9.17) is 5.11 Å². The molecule has 3 N–H and O–H groups in total. The SMILES string of the molecule is CCN(CC(C)(C)O)C(=O)N[C@H](CCSC)C(=O)O. The molecule has 112 valence electrons. The highest BCUT2D eigenvalue weighted by molar-refractivity contribution is 7.98. The van der Waals surface area contributed by atoms with Crippen LogP contribution in [-0.2, 0) is 4.79 Å². The van der Waals surface area contributed by atoms with Gasteiger partial charge in [-0.25, -0.2) is 9.59 Å². The van der Waals surface area contributed by atoms with Crippen LogP contribution in [0.3, 0.4) is 0 Å². The Balaban J connectivity index is 4.55. The zero-order chi connectivity index (χ0) is 15.1. The summed E-state index contributed by atoms with van der Waals surface area (Å²) in [7, 11) is 0. The van der Waals surface area contributed by atoms with Crippen LogP contribution in [0.4, 0.5) is 4.79 Å². The van der Waals surface area contributed by atoms with Crippen molar-refractivity contribution in [2.24, 2.45) is 0 Å². The molecule has 0 bridgehead atoms.